The lowest BCUT2D eigenvalue weighted by atomic mass is 10.2. The van der Waals surface area contributed by atoms with Gasteiger partial charge < -0.3 is 24.1 Å². The van der Waals surface area contributed by atoms with Gasteiger partial charge in [0.1, 0.15) is 11.5 Å². The van der Waals surface area contributed by atoms with E-state index in [1.807, 2.05) is 0 Å². The van der Waals surface area contributed by atoms with Gasteiger partial charge in [-0.15, -0.1) is 0 Å². The molecular formula is C23H19N3O5. The number of carboxylic acid groups (broad SMARTS) is 1. The number of hydrogen-bond acceptors (Lipinski definition) is 5. The van der Waals surface area contributed by atoms with Gasteiger partial charge >= 0.3 is 5.97 Å². The number of aromatic carboxylic acids is 1. The van der Waals surface area contributed by atoms with Crippen LogP contribution in [0.15, 0.2) is 77.8 Å². The van der Waals surface area contributed by atoms with Crippen molar-refractivity contribution in [1.82, 2.24) is 9.55 Å². The third-order valence-corrected chi connectivity index (χ3v) is 4.53. The van der Waals surface area contributed by atoms with E-state index in [4.69, 9.17) is 14.3 Å². The van der Waals surface area contributed by atoms with Gasteiger partial charge in [0.25, 0.3) is 5.91 Å². The molecule has 4 aromatic rings. The first-order valence-electron chi connectivity index (χ1n) is 9.45. The van der Waals surface area contributed by atoms with Crippen molar-refractivity contribution in [3.8, 4) is 11.5 Å². The molecule has 0 radical (unpaired) electrons. The number of aromatic nitrogens is 2. The maximum Gasteiger partial charge on any atom is 0.337 e. The Morgan fingerprint density at radius 1 is 1.16 bits per heavy atom. The van der Waals surface area contributed by atoms with Gasteiger partial charge in [0.05, 0.1) is 24.1 Å². The average Bonchev–Trinajstić information content (AvgIpc) is 3.38. The molecule has 31 heavy (non-hydrogen) atoms. The lowest BCUT2D eigenvalue weighted by molar-refractivity contribution is 0.0696. The molecule has 0 aliphatic carbocycles. The molecule has 1 amide bonds. The third kappa shape index (κ3) is 4.81. The first-order chi connectivity index (χ1) is 15.0. The Labute approximate surface area is 177 Å². The number of hydrogen-bond donors (Lipinski definition) is 2. The van der Waals surface area contributed by atoms with E-state index >= 15 is 0 Å². The second-order valence-corrected chi connectivity index (χ2v) is 6.88. The fraction of sp³-hybridized carbons (Fsp3) is 0.0870. The highest BCUT2D eigenvalue weighted by molar-refractivity contribution is 6.03. The largest absolute Gasteiger partial charge is 0.478 e. The maximum absolute atomic E-state index is 12.3. The highest BCUT2D eigenvalue weighted by atomic mass is 16.5. The van der Waals surface area contributed by atoms with Crippen molar-refractivity contribution in [1.29, 1.82) is 0 Å². The van der Waals surface area contributed by atoms with Gasteiger partial charge in [-0.25, -0.2) is 4.79 Å². The Morgan fingerprint density at radius 2 is 2.00 bits per heavy atom. The van der Waals surface area contributed by atoms with Crippen molar-refractivity contribution in [3.05, 3.63) is 96.0 Å². The molecule has 0 unspecified atom stereocenters. The second-order valence-electron chi connectivity index (χ2n) is 6.88. The minimum absolute atomic E-state index is 0.219. The van der Waals surface area contributed by atoms with E-state index in [0.717, 1.165) is 5.56 Å². The van der Waals surface area contributed by atoms with Gasteiger partial charge in [0, 0.05) is 42.0 Å². The van der Waals surface area contributed by atoms with Crippen molar-refractivity contribution in [3.63, 3.8) is 0 Å². The predicted molar refractivity (Wildman–Crippen MR) is 113 cm³/mol. The van der Waals surface area contributed by atoms with Crippen LogP contribution in [-0.2, 0) is 6.54 Å². The first-order valence-corrected chi connectivity index (χ1v) is 9.45. The van der Waals surface area contributed by atoms with Gasteiger partial charge in [0.15, 0.2) is 5.76 Å². The Morgan fingerprint density at radius 3 is 2.74 bits per heavy atom. The van der Waals surface area contributed by atoms with E-state index in [-0.39, 0.29) is 17.2 Å². The highest BCUT2D eigenvalue weighted by Crippen LogP contribution is 2.25. The van der Waals surface area contributed by atoms with Crippen molar-refractivity contribution < 1.29 is 23.8 Å². The fourth-order valence-electron chi connectivity index (χ4n) is 3.03. The average molecular weight is 417 g/mol. The normalized spacial score (nSPS) is 10.6. The Balaban J connectivity index is 1.45. The van der Waals surface area contributed by atoms with Crippen LogP contribution in [0.2, 0.25) is 0 Å². The van der Waals surface area contributed by atoms with Gasteiger partial charge in [-0.05, 0) is 37.3 Å². The minimum Gasteiger partial charge on any atom is -0.478 e. The summed E-state index contributed by atoms with van der Waals surface area (Å²) in [7, 11) is 0. The Kier molecular flexibility index (Phi) is 5.53. The number of nitrogens with one attached hydrogen (secondary N) is 1. The van der Waals surface area contributed by atoms with E-state index in [1.54, 1.807) is 72.5 Å². The summed E-state index contributed by atoms with van der Waals surface area (Å²) >= 11 is 0. The third-order valence-electron chi connectivity index (χ3n) is 4.53. The van der Waals surface area contributed by atoms with Gasteiger partial charge in [-0.3, -0.25) is 9.78 Å². The number of amides is 1. The molecule has 2 N–H and O–H groups in total. The molecule has 0 spiro atoms. The van der Waals surface area contributed by atoms with E-state index in [1.165, 1.54) is 12.3 Å². The Bertz CT molecular complexity index is 1240. The zero-order valence-electron chi connectivity index (χ0n) is 16.6. The molecule has 1 aromatic carbocycles. The molecular weight excluding hydrogens is 398 g/mol. The summed E-state index contributed by atoms with van der Waals surface area (Å²) in [6.45, 7) is 2.21. The van der Waals surface area contributed by atoms with Crippen LogP contribution < -0.4 is 10.1 Å². The fourth-order valence-corrected chi connectivity index (χ4v) is 3.03. The van der Waals surface area contributed by atoms with Crippen LogP contribution in [-0.4, -0.2) is 26.5 Å². The number of nitrogens with zero attached hydrogens (tertiary/aromatic N) is 2. The molecule has 0 aliphatic rings. The summed E-state index contributed by atoms with van der Waals surface area (Å²) < 4.78 is 12.9. The number of rotatable bonds is 7. The lowest BCUT2D eigenvalue weighted by Crippen LogP contribution is -2.12. The van der Waals surface area contributed by atoms with Crippen LogP contribution in [0.3, 0.4) is 0 Å². The van der Waals surface area contributed by atoms with E-state index in [9.17, 15) is 9.59 Å². The number of pyridine rings is 1. The number of furan rings is 1. The Hall–Kier alpha value is -4.33. The van der Waals surface area contributed by atoms with Crippen LogP contribution in [0.5, 0.6) is 11.5 Å². The topological polar surface area (TPSA) is 107 Å². The van der Waals surface area contributed by atoms with Crippen molar-refractivity contribution in [2.75, 3.05) is 5.32 Å². The van der Waals surface area contributed by atoms with E-state index in [2.05, 4.69) is 10.3 Å². The van der Waals surface area contributed by atoms with Crippen LogP contribution in [0.25, 0.3) is 0 Å². The van der Waals surface area contributed by atoms with E-state index in [0.29, 0.717) is 29.4 Å². The zero-order chi connectivity index (χ0) is 21.8. The SMILES string of the molecule is Cc1ccoc1C(=O)Nc1cccc(Oc2ccnc(Cn3ccc(C(=O)O)c3)c2)c1. The summed E-state index contributed by atoms with van der Waals surface area (Å²) in [4.78, 5) is 27.7. The molecule has 0 aliphatic heterocycles. The molecule has 3 aromatic heterocycles. The maximum atomic E-state index is 12.3. The standard InChI is InChI=1S/C23H19N3O5/c1-15-7-10-30-21(15)22(27)25-17-3-2-4-19(11-17)31-20-5-8-24-18(12-20)14-26-9-6-16(13-26)23(28)29/h2-13H,14H2,1H3,(H,25,27)(H,28,29). The van der Waals surface area contributed by atoms with Crippen molar-refractivity contribution in [2.45, 2.75) is 13.5 Å². The number of carbonyl (C=O) groups is 2. The quantitative estimate of drug-likeness (QED) is 0.456. The number of aryl methyl sites for hydroxylation is 1. The number of anilines is 1. The molecule has 0 bridgehead atoms. The minimum atomic E-state index is -0.974. The number of carboxylic acids is 1. The van der Waals surface area contributed by atoms with Crippen LogP contribution >= 0.6 is 0 Å². The number of benzene rings is 1. The highest BCUT2D eigenvalue weighted by Gasteiger charge is 2.13. The van der Waals surface area contributed by atoms with Gasteiger partial charge in [-0.2, -0.15) is 0 Å². The van der Waals surface area contributed by atoms with Crippen molar-refractivity contribution in [2.24, 2.45) is 0 Å². The zero-order valence-corrected chi connectivity index (χ0v) is 16.6. The molecule has 4 rings (SSSR count). The number of ether oxygens (including phenoxy) is 1. The molecule has 0 saturated carbocycles. The summed E-state index contributed by atoms with van der Waals surface area (Å²) in [5.41, 5.74) is 2.26. The molecule has 8 nitrogen and oxygen atoms in total. The lowest BCUT2D eigenvalue weighted by Gasteiger charge is -2.10. The number of carbonyl (C=O) groups excluding carboxylic acids is 1. The molecule has 156 valence electrons. The molecule has 8 heteroatoms. The van der Waals surface area contributed by atoms with Gasteiger partial charge in [0.2, 0.25) is 0 Å². The summed E-state index contributed by atoms with van der Waals surface area (Å²) in [5.74, 6) is 0.0682. The summed E-state index contributed by atoms with van der Waals surface area (Å²) in [6, 6.07) is 13.8. The predicted octanol–water partition coefficient (Wildman–Crippen LogP) is 4.58. The molecule has 0 saturated heterocycles. The smallest absolute Gasteiger partial charge is 0.337 e. The van der Waals surface area contributed by atoms with Crippen molar-refractivity contribution >= 4 is 17.6 Å². The second kappa shape index (κ2) is 8.58. The molecule has 3 heterocycles. The summed E-state index contributed by atoms with van der Waals surface area (Å²) in [5, 5.41) is 11.8. The summed E-state index contributed by atoms with van der Waals surface area (Å²) in [6.07, 6.45) is 6.33. The van der Waals surface area contributed by atoms with Crippen LogP contribution in [0, 0.1) is 6.92 Å². The monoisotopic (exact) mass is 417 g/mol. The van der Waals surface area contributed by atoms with Crippen LogP contribution in [0.1, 0.15) is 32.2 Å². The molecule has 0 atom stereocenters. The molecule has 0 fully saturated rings. The van der Waals surface area contributed by atoms with Crippen LogP contribution in [0.4, 0.5) is 5.69 Å². The first kappa shape index (κ1) is 20.0. The van der Waals surface area contributed by atoms with E-state index < -0.39 is 5.97 Å². The van der Waals surface area contributed by atoms with Gasteiger partial charge in [-0.1, -0.05) is 6.07 Å².